The number of nitrogens with two attached hydrogens (primary N) is 1. The van der Waals surface area contributed by atoms with E-state index in [4.69, 9.17) is 10.3 Å². The molecule has 0 radical (unpaired) electrons. The fourth-order valence-corrected chi connectivity index (χ4v) is 3.45. The molecular formula is C13H14N6O2S2. The van der Waals surface area contributed by atoms with E-state index in [1.54, 1.807) is 18.3 Å². The summed E-state index contributed by atoms with van der Waals surface area (Å²) in [6, 6.07) is 3.91. The summed E-state index contributed by atoms with van der Waals surface area (Å²) in [5.74, 6) is 1.97. The first-order valence-corrected chi connectivity index (χ1v) is 8.67. The highest BCUT2D eigenvalue weighted by Gasteiger charge is 2.16. The molecule has 0 saturated carbocycles. The molecule has 0 aliphatic heterocycles. The Bertz CT molecular complexity index is 795. The average molecular weight is 350 g/mol. The van der Waals surface area contributed by atoms with Gasteiger partial charge in [0.05, 0.1) is 10.6 Å². The number of aryl methyl sites for hydroxylation is 1. The van der Waals surface area contributed by atoms with Crippen molar-refractivity contribution in [3.05, 3.63) is 29.2 Å². The number of thioether (sulfide) groups is 1. The maximum atomic E-state index is 11.1. The lowest BCUT2D eigenvalue weighted by Crippen LogP contribution is -2.14. The first kappa shape index (κ1) is 15.7. The summed E-state index contributed by atoms with van der Waals surface area (Å²) in [4.78, 5) is 16.3. The van der Waals surface area contributed by atoms with Crippen molar-refractivity contribution in [1.82, 2.24) is 24.9 Å². The number of aromatic nitrogens is 5. The molecule has 3 aromatic rings. The molecule has 0 bridgehead atoms. The van der Waals surface area contributed by atoms with Crippen LogP contribution in [0.1, 0.15) is 18.1 Å². The lowest BCUT2D eigenvalue weighted by Gasteiger charge is -2.07. The summed E-state index contributed by atoms with van der Waals surface area (Å²) in [5, 5.41) is 14.9. The third kappa shape index (κ3) is 3.77. The average Bonchev–Trinajstić information content (AvgIpc) is 3.23. The molecule has 1 amide bonds. The largest absolute Gasteiger partial charge is 0.370 e. The normalized spacial score (nSPS) is 11.0. The van der Waals surface area contributed by atoms with Crippen molar-refractivity contribution in [3.63, 3.8) is 0 Å². The van der Waals surface area contributed by atoms with E-state index in [9.17, 15) is 4.79 Å². The van der Waals surface area contributed by atoms with Gasteiger partial charge >= 0.3 is 0 Å². The minimum atomic E-state index is -0.362. The van der Waals surface area contributed by atoms with Crippen LogP contribution in [-0.4, -0.2) is 30.8 Å². The predicted molar refractivity (Wildman–Crippen MR) is 85.7 cm³/mol. The predicted octanol–water partition coefficient (Wildman–Crippen LogP) is 1.87. The second-order valence-corrected chi connectivity index (χ2v) is 6.57. The van der Waals surface area contributed by atoms with E-state index in [-0.39, 0.29) is 12.3 Å². The SMILES string of the molecule is Cc1noc(CSc2nnc(-c3cccs3)n2CCC(N)=O)n1. The van der Waals surface area contributed by atoms with Crippen molar-refractivity contribution in [2.75, 3.05) is 0 Å². The third-order valence-corrected chi connectivity index (χ3v) is 4.75. The van der Waals surface area contributed by atoms with Gasteiger partial charge in [-0.3, -0.25) is 4.79 Å². The molecule has 0 unspecified atom stereocenters. The number of carbonyl (C=O) groups excluding carboxylic acids is 1. The Morgan fingerprint density at radius 2 is 2.35 bits per heavy atom. The minimum Gasteiger partial charge on any atom is -0.370 e. The number of thiophene rings is 1. The lowest BCUT2D eigenvalue weighted by molar-refractivity contribution is -0.118. The first-order valence-electron chi connectivity index (χ1n) is 6.81. The molecule has 0 atom stereocenters. The van der Waals surface area contributed by atoms with Gasteiger partial charge in [-0.15, -0.1) is 21.5 Å². The summed E-state index contributed by atoms with van der Waals surface area (Å²) in [5.41, 5.74) is 5.27. The molecule has 0 aliphatic carbocycles. The van der Waals surface area contributed by atoms with Gasteiger partial charge in [0.2, 0.25) is 11.8 Å². The lowest BCUT2D eigenvalue weighted by atomic mass is 10.4. The number of amides is 1. The molecule has 0 aliphatic rings. The van der Waals surface area contributed by atoms with Crippen molar-refractivity contribution in [2.24, 2.45) is 5.73 Å². The Labute approximate surface area is 140 Å². The van der Waals surface area contributed by atoms with E-state index in [1.165, 1.54) is 11.8 Å². The van der Waals surface area contributed by atoms with Gasteiger partial charge in [0.25, 0.3) is 0 Å². The summed E-state index contributed by atoms with van der Waals surface area (Å²) in [6.07, 6.45) is 0.226. The molecule has 23 heavy (non-hydrogen) atoms. The highest BCUT2D eigenvalue weighted by Crippen LogP contribution is 2.28. The highest BCUT2D eigenvalue weighted by atomic mass is 32.2. The molecule has 8 nitrogen and oxygen atoms in total. The van der Waals surface area contributed by atoms with Crippen LogP contribution in [0.3, 0.4) is 0 Å². The number of hydrogen-bond donors (Lipinski definition) is 1. The minimum absolute atomic E-state index is 0.226. The van der Waals surface area contributed by atoms with Crippen molar-refractivity contribution in [2.45, 2.75) is 30.8 Å². The fourth-order valence-electron chi connectivity index (χ4n) is 1.93. The highest BCUT2D eigenvalue weighted by molar-refractivity contribution is 7.98. The molecular weight excluding hydrogens is 336 g/mol. The molecule has 120 valence electrons. The summed E-state index contributed by atoms with van der Waals surface area (Å²) in [6.45, 7) is 2.20. The summed E-state index contributed by atoms with van der Waals surface area (Å²) < 4.78 is 6.99. The van der Waals surface area contributed by atoms with Crippen LogP contribution >= 0.6 is 23.1 Å². The van der Waals surface area contributed by atoms with Gasteiger partial charge in [0.15, 0.2) is 16.8 Å². The number of rotatable bonds is 7. The number of hydrogen-bond acceptors (Lipinski definition) is 8. The molecule has 0 aromatic carbocycles. The van der Waals surface area contributed by atoms with Crippen molar-refractivity contribution in [1.29, 1.82) is 0 Å². The number of primary amides is 1. The van der Waals surface area contributed by atoms with Crippen LogP contribution in [0.5, 0.6) is 0 Å². The zero-order chi connectivity index (χ0) is 16.2. The molecule has 3 rings (SSSR count). The molecule has 2 N–H and O–H groups in total. The van der Waals surface area contributed by atoms with Gasteiger partial charge in [-0.2, -0.15) is 4.98 Å². The van der Waals surface area contributed by atoms with E-state index in [0.29, 0.717) is 29.2 Å². The fraction of sp³-hybridized carbons (Fsp3) is 0.308. The second-order valence-electron chi connectivity index (χ2n) is 4.68. The Morgan fingerprint density at radius 1 is 1.48 bits per heavy atom. The zero-order valence-corrected chi connectivity index (χ0v) is 13.9. The Kier molecular flexibility index (Phi) is 4.72. The molecule has 0 fully saturated rings. The molecule has 3 aromatic heterocycles. The first-order chi connectivity index (χ1) is 11.1. The standard InChI is InChI=1S/C13H14N6O2S2/c1-8-15-11(21-18-8)7-23-13-17-16-12(9-3-2-6-22-9)19(13)5-4-10(14)20/h2-3,6H,4-5,7H2,1H3,(H2,14,20). The van der Waals surface area contributed by atoms with Crippen LogP contribution in [-0.2, 0) is 17.1 Å². The van der Waals surface area contributed by atoms with E-state index >= 15 is 0 Å². The van der Waals surface area contributed by atoms with E-state index in [0.717, 1.165) is 10.7 Å². The van der Waals surface area contributed by atoms with Crippen molar-refractivity contribution < 1.29 is 9.32 Å². The van der Waals surface area contributed by atoms with Gasteiger partial charge in [-0.25, -0.2) is 0 Å². The van der Waals surface area contributed by atoms with E-state index in [2.05, 4.69) is 20.3 Å². The molecule has 3 heterocycles. The summed E-state index contributed by atoms with van der Waals surface area (Å²) >= 11 is 2.99. The topological polar surface area (TPSA) is 113 Å². The van der Waals surface area contributed by atoms with Gasteiger partial charge in [-0.05, 0) is 18.4 Å². The Morgan fingerprint density at radius 3 is 3.00 bits per heavy atom. The van der Waals surface area contributed by atoms with Crippen LogP contribution in [0.2, 0.25) is 0 Å². The Hall–Kier alpha value is -2.20. The number of carbonyl (C=O) groups is 1. The maximum absolute atomic E-state index is 11.1. The maximum Gasteiger partial charge on any atom is 0.237 e. The zero-order valence-electron chi connectivity index (χ0n) is 12.3. The van der Waals surface area contributed by atoms with Crippen LogP contribution in [0.25, 0.3) is 10.7 Å². The van der Waals surface area contributed by atoms with Crippen LogP contribution in [0.15, 0.2) is 27.2 Å². The number of nitrogens with zero attached hydrogens (tertiary/aromatic N) is 5. The monoisotopic (exact) mass is 350 g/mol. The third-order valence-electron chi connectivity index (χ3n) is 2.93. The van der Waals surface area contributed by atoms with Crippen molar-refractivity contribution in [3.8, 4) is 10.7 Å². The molecule has 0 spiro atoms. The van der Waals surface area contributed by atoms with Crippen LogP contribution < -0.4 is 5.73 Å². The van der Waals surface area contributed by atoms with Crippen molar-refractivity contribution >= 4 is 29.0 Å². The van der Waals surface area contributed by atoms with Gasteiger partial charge in [-0.1, -0.05) is 23.0 Å². The molecule has 0 saturated heterocycles. The van der Waals surface area contributed by atoms with Gasteiger partial charge < -0.3 is 14.8 Å². The van der Waals surface area contributed by atoms with Gasteiger partial charge in [0, 0.05) is 13.0 Å². The Balaban J connectivity index is 1.82. The van der Waals surface area contributed by atoms with Gasteiger partial charge in [0.1, 0.15) is 0 Å². The smallest absolute Gasteiger partial charge is 0.237 e. The quantitative estimate of drug-likeness (QED) is 0.647. The van der Waals surface area contributed by atoms with E-state index < -0.39 is 0 Å². The second kappa shape index (κ2) is 6.92. The van der Waals surface area contributed by atoms with E-state index in [1.807, 2.05) is 22.1 Å². The van der Waals surface area contributed by atoms with Crippen LogP contribution in [0, 0.1) is 6.92 Å². The summed E-state index contributed by atoms with van der Waals surface area (Å²) in [7, 11) is 0. The molecule has 10 heteroatoms. The van der Waals surface area contributed by atoms with Crippen LogP contribution in [0.4, 0.5) is 0 Å².